The van der Waals surface area contributed by atoms with Gasteiger partial charge in [-0.25, -0.2) is 4.79 Å². The molecular weight excluding hydrogens is 342 g/mol. The molecule has 146 valence electrons. The number of hydrogen-bond acceptors (Lipinski definition) is 6. The third-order valence-electron chi connectivity index (χ3n) is 5.56. The molecule has 7 nitrogen and oxygen atoms in total. The van der Waals surface area contributed by atoms with Crippen LogP contribution < -0.4 is 0 Å². The molecule has 1 saturated carbocycles. The van der Waals surface area contributed by atoms with E-state index in [0.717, 1.165) is 37.4 Å². The van der Waals surface area contributed by atoms with Crippen LogP contribution >= 0.6 is 0 Å². The zero-order valence-electron chi connectivity index (χ0n) is 16.5. The van der Waals surface area contributed by atoms with Gasteiger partial charge in [0.2, 0.25) is 0 Å². The summed E-state index contributed by atoms with van der Waals surface area (Å²) in [5, 5.41) is 12.7. The molecule has 7 heteroatoms. The van der Waals surface area contributed by atoms with Crippen molar-refractivity contribution in [3.63, 3.8) is 0 Å². The zero-order valence-corrected chi connectivity index (χ0v) is 16.5. The van der Waals surface area contributed by atoms with Crippen molar-refractivity contribution in [3.05, 3.63) is 35.7 Å². The molecule has 0 N–H and O–H groups in total. The molecule has 1 aromatic heterocycles. The van der Waals surface area contributed by atoms with E-state index in [1.807, 2.05) is 16.8 Å². The summed E-state index contributed by atoms with van der Waals surface area (Å²) in [6.07, 6.45) is 5.76. The minimum atomic E-state index is -0.312. The maximum absolute atomic E-state index is 11.9. The Hall–Kier alpha value is -2.28. The molecule has 0 amide bonds. The summed E-state index contributed by atoms with van der Waals surface area (Å²) in [5.74, 6) is 0.586. The highest BCUT2D eigenvalue weighted by Crippen LogP contribution is 2.41. The van der Waals surface area contributed by atoms with Gasteiger partial charge in [0.25, 0.3) is 0 Å². The second-order valence-corrected chi connectivity index (χ2v) is 6.95. The summed E-state index contributed by atoms with van der Waals surface area (Å²) in [5.41, 5.74) is 1.26. The first kappa shape index (κ1) is 19.5. The van der Waals surface area contributed by atoms with Gasteiger partial charge in [0.05, 0.1) is 23.4 Å². The Balaban J connectivity index is 1.97. The number of carbonyl (C=O) groups is 1. The van der Waals surface area contributed by atoms with Crippen LogP contribution in [0.3, 0.4) is 0 Å². The van der Waals surface area contributed by atoms with Crippen molar-refractivity contribution in [2.24, 2.45) is 0 Å². The molecule has 2 aromatic rings. The topological polar surface area (TPSA) is 73.1 Å². The normalized spacial score (nSPS) is 16.4. The fourth-order valence-electron chi connectivity index (χ4n) is 4.25. The Kier molecular flexibility index (Phi) is 6.21. The quantitative estimate of drug-likeness (QED) is 0.695. The van der Waals surface area contributed by atoms with Crippen LogP contribution in [0, 0.1) is 0 Å². The van der Waals surface area contributed by atoms with E-state index in [-0.39, 0.29) is 11.5 Å². The van der Waals surface area contributed by atoms with Gasteiger partial charge in [0, 0.05) is 0 Å². The van der Waals surface area contributed by atoms with E-state index in [4.69, 9.17) is 4.74 Å². The van der Waals surface area contributed by atoms with Gasteiger partial charge < -0.3 is 4.74 Å². The van der Waals surface area contributed by atoms with E-state index in [0.29, 0.717) is 12.2 Å². The van der Waals surface area contributed by atoms with Crippen molar-refractivity contribution >= 4 is 5.97 Å². The Morgan fingerprint density at radius 2 is 1.78 bits per heavy atom. The fraction of sp³-hybridized carbons (Fsp3) is 0.600. The van der Waals surface area contributed by atoms with Crippen LogP contribution in [-0.4, -0.2) is 50.8 Å². The van der Waals surface area contributed by atoms with Gasteiger partial charge in [-0.15, -0.1) is 5.10 Å². The lowest BCUT2D eigenvalue weighted by atomic mass is 9.79. The summed E-state index contributed by atoms with van der Waals surface area (Å²) < 4.78 is 6.89. The van der Waals surface area contributed by atoms with E-state index in [9.17, 15) is 4.79 Å². The largest absolute Gasteiger partial charge is 0.462 e. The van der Waals surface area contributed by atoms with Crippen LogP contribution in [0.4, 0.5) is 0 Å². The first-order valence-electron chi connectivity index (χ1n) is 9.97. The molecular formula is C20H29N5O2. The lowest BCUT2D eigenvalue weighted by Gasteiger charge is -2.44. The van der Waals surface area contributed by atoms with Crippen LogP contribution in [0.15, 0.2) is 24.3 Å². The monoisotopic (exact) mass is 371 g/mol. The van der Waals surface area contributed by atoms with Gasteiger partial charge in [0.1, 0.15) is 0 Å². The molecule has 1 aliphatic carbocycles. The molecule has 0 aliphatic heterocycles. The third-order valence-corrected chi connectivity index (χ3v) is 5.56. The van der Waals surface area contributed by atoms with E-state index in [2.05, 4.69) is 34.3 Å². The number of benzene rings is 1. The molecule has 0 spiro atoms. The number of tetrazole rings is 1. The van der Waals surface area contributed by atoms with Gasteiger partial charge in [-0.05, 0) is 67.5 Å². The van der Waals surface area contributed by atoms with Crippen molar-refractivity contribution in [2.45, 2.75) is 58.4 Å². The maximum atomic E-state index is 11.9. The smallest absolute Gasteiger partial charge is 0.338 e. The first-order valence-corrected chi connectivity index (χ1v) is 9.97. The van der Waals surface area contributed by atoms with Crippen molar-refractivity contribution in [1.82, 2.24) is 25.1 Å². The summed E-state index contributed by atoms with van der Waals surface area (Å²) in [4.78, 5) is 14.4. The molecule has 0 radical (unpaired) electrons. The number of nitrogens with zero attached hydrogens (tertiary/aromatic N) is 5. The average molecular weight is 371 g/mol. The Morgan fingerprint density at radius 1 is 1.11 bits per heavy atom. The average Bonchev–Trinajstić information content (AvgIpc) is 3.20. The van der Waals surface area contributed by atoms with Crippen LogP contribution in [0.2, 0.25) is 0 Å². The number of carbonyl (C=O) groups excluding carboxylic acids is 1. The highest BCUT2D eigenvalue weighted by atomic mass is 16.5. The van der Waals surface area contributed by atoms with Crippen LogP contribution in [0.5, 0.6) is 0 Å². The van der Waals surface area contributed by atoms with Crippen molar-refractivity contribution < 1.29 is 9.53 Å². The second-order valence-electron chi connectivity index (χ2n) is 6.95. The summed E-state index contributed by atoms with van der Waals surface area (Å²) in [6.45, 7) is 8.49. The van der Waals surface area contributed by atoms with E-state index < -0.39 is 0 Å². The van der Waals surface area contributed by atoms with Crippen LogP contribution in [-0.2, 0) is 10.3 Å². The molecule has 1 fully saturated rings. The second kappa shape index (κ2) is 8.61. The lowest BCUT2D eigenvalue weighted by Crippen LogP contribution is -2.49. The minimum Gasteiger partial charge on any atom is -0.462 e. The molecule has 0 bridgehead atoms. The van der Waals surface area contributed by atoms with E-state index in [1.165, 1.54) is 19.3 Å². The van der Waals surface area contributed by atoms with E-state index in [1.54, 1.807) is 19.1 Å². The van der Waals surface area contributed by atoms with Gasteiger partial charge >= 0.3 is 5.97 Å². The Bertz CT molecular complexity index is 746. The Morgan fingerprint density at radius 3 is 2.37 bits per heavy atom. The molecule has 1 heterocycles. The molecule has 0 unspecified atom stereocenters. The number of ether oxygens (including phenoxy) is 1. The summed E-state index contributed by atoms with van der Waals surface area (Å²) in [6, 6.07) is 7.29. The Labute approximate surface area is 160 Å². The number of hydrogen-bond donors (Lipinski definition) is 0. The summed E-state index contributed by atoms with van der Waals surface area (Å²) >= 11 is 0. The molecule has 3 rings (SSSR count). The van der Waals surface area contributed by atoms with Gasteiger partial charge in [-0.1, -0.05) is 33.1 Å². The lowest BCUT2D eigenvalue weighted by molar-refractivity contribution is 0.0463. The van der Waals surface area contributed by atoms with E-state index >= 15 is 0 Å². The van der Waals surface area contributed by atoms with Gasteiger partial charge in [-0.3, -0.25) is 4.90 Å². The molecule has 0 saturated heterocycles. The predicted molar refractivity (Wildman–Crippen MR) is 103 cm³/mol. The molecule has 1 aromatic carbocycles. The first-order chi connectivity index (χ1) is 13.2. The SMILES string of the molecule is CCOC(=O)c1ccc(-n2nnnc2C2(N(CC)CC)CCCCC2)cc1. The third kappa shape index (κ3) is 3.74. The van der Waals surface area contributed by atoms with Crippen LogP contribution in [0.25, 0.3) is 5.69 Å². The highest BCUT2D eigenvalue weighted by molar-refractivity contribution is 5.89. The number of rotatable bonds is 7. The number of esters is 1. The van der Waals surface area contributed by atoms with Crippen molar-refractivity contribution in [1.29, 1.82) is 0 Å². The molecule has 0 atom stereocenters. The fourth-order valence-corrected chi connectivity index (χ4v) is 4.25. The van der Waals surface area contributed by atoms with Crippen molar-refractivity contribution in [2.75, 3.05) is 19.7 Å². The zero-order chi connectivity index (χ0) is 19.3. The van der Waals surface area contributed by atoms with Crippen molar-refractivity contribution in [3.8, 4) is 5.69 Å². The maximum Gasteiger partial charge on any atom is 0.338 e. The minimum absolute atomic E-state index is 0.134. The predicted octanol–water partition coefficient (Wildman–Crippen LogP) is 3.34. The highest BCUT2D eigenvalue weighted by Gasteiger charge is 2.43. The summed E-state index contributed by atoms with van der Waals surface area (Å²) in [7, 11) is 0. The standard InChI is InChI=1S/C20H29N5O2/c1-4-24(5-2)20(14-8-7-9-15-20)19-21-22-23-25(19)17-12-10-16(11-13-17)18(26)27-6-3/h10-13H,4-9,14-15H2,1-3H3. The van der Waals surface area contributed by atoms with Crippen LogP contribution in [0.1, 0.15) is 69.1 Å². The van der Waals surface area contributed by atoms with Gasteiger partial charge in [-0.2, -0.15) is 4.68 Å². The molecule has 1 aliphatic rings. The van der Waals surface area contributed by atoms with Gasteiger partial charge in [0.15, 0.2) is 5.82 Å². The molecule has 27 heavy (non-hydrogen) atoms. The number of aromatic nitrogens is 4.